The summed E-state index contributed by atoms with van der Waals surface area (Å²) in [7, 11) is 0. The second-order valence-electron chi connectivity index (χ2n) is 3.64. The Labute approximate surface area is 117 Å². The van der Waals surface area contributed by atoms with E-state index in [2.05, 4.69) is 20.9 Å². The number of aromatic carboxylic acids is 1. The molecule has 0 aliphatic carbocycles. The predicted molar refractivity (Wildman–Crippen MR) is 71.2 cm³/mol. The first-order chi connectivity index (χ1) is 8.49. The third-order valence-corrected chi connectivity index (χ3v) is 3.97. The Morgan fingerprint density at radius 2 is 2.17 bits per heavy atom. The number of aromatic nitrogens is 1. The fourth-order valence-corrected chi connectivity index (χ4v) is 3.03. The van der Waals surface area contributed by atoms with Crippen LogP contribution in [0.2, 0.25) is 0 Å². The molecule has 4 nitrogen and oxygen atoms in total. The molecule has 1 heterocycles. The predicted octanol–water partition coefficient (Wildman–Crippen LogP) is 3.90. The van der Waals surface area contributed by atoms with E-state index >= 15 is 0 Å². The van der Waals surface area contributed by atoms with Crippen molar-refractivity contribution in [2.75, 3.05) is 0 Å². The number of hydrogen-bond donors (Lipinski definition) is 1. The Kier molecular flexibility index (Phi) is 3.77. The maximum Gasteiger partial charge on any atom is 0.338 e. The first kappa shape index (κ1) is 13.2. The fourth-order valence-electron chi connectivity index (χ4n) is 1.38. The molecule has 0 bridgehead atoms. The molecular weight excluding hydrogens is 318 g/mol. The number of carboxylic acids is 1. The van der Waals surface area contributed by atoms with Crippen LogP contribution >= 0.6 is 27.7 Å². The number of benzene rings is 1. The number of hydrogen-bond acceptors (Lipinski definition) is 4. The number of rotatable bonds is 3. The highest BCUT2D eigenvalue weighted by Crippen LogP contribution is 2.34. The summed E-state index contributed by atoms with van der Waals surface area (Å²) in [6.07, 6.45) is 0. The minimum Gasteiger partial charge on any atom is -0.478 e. The average molecular weight is 328 g/mol. The lowest BCUT2D eigenvalue weighted by Crippen LogP contribution is -2.00. The van der Waals surface area contributed by atoms with Gasteiger partial charge in [0.2, 0.25) is 0 Å². The normalized spacial score (nSPS) is 10.6. The van der Waals surface area contributed by atoms with E-state index in [1.165, 1.54) is 11.8 Å². The van der Waals surface area contributed by atoms with Crippen LogP contribution in [0.3, 0.4) is 0 Å². The third kappa shape index (κ3) is 2.59. The summed E-state index contributed by atoms with van der Waals surface area (Å²) in [5.74, 6) is -0.241. The third-order valence-electron chi connectivity index (χ3n) is 2.40. The van der Waals surface area contributed by atoms with Gasteiger partial charge in [-0.3, -0.25) is 0 Å². The average Bonchev–Trinajstić information content (AvgIpc) is 2.57. The van der Waals surface area contributed by atoms with Gasteiger partial charge in [-0.25, -0.2) is 9.78 Å². The number of carboxylic acid groups (broad SMARTS) is 1. The van der Waals surface area contributed by atoms with Crippen molar-refractivity contribution < 1.29 is 14.3 Å². The van der Waals surface area contributed by atoms with Crippen LogP contribution in [0.25, 0.3) is 0 Å². The molecule has 0 radical (unpaired) electrons. The quantitative estimate of drug-likeness (QED) is 0.926. The van der Waals surface area contributed by atoms with Crippen molar-refractivity contribution in [3.8, 4) is 0 Å². The maximum absolute atomic E-state index is 11.2. The maximum atomic E-state index is 11.2. The second kappa shape index (κ2) is 5.16. The van der Waals surface area contributed by atoms with Gasteiger partial charge in [-0.1, -0.05) is 6.07 Å². The molecule has 0 unspecified atom stereocenters. The molecule has 18 heavy (non-hydrogen) atoms. The van der Waals surface area contributed by atoms with Gasteiger partial charge < -0.3 is 9.52 Å². The molecule has 0 aliphatic heterocycles. The van der Waals surface area contributed by atoms with Gasteiger partial charge in [0.1, 0.15) is 5.76 Å². The molecule has 0 aliphatic rings. The van der Waals surface area contributed by atoms with Crippen LogP contribution in [0.5, 0.6) is 0 Å². The SMILES string of the molecule is Cc1nc(Sc2cccc(Br)c2C(=O)O)oc1C. The Balaban J connectivity index is 2.40. The molecule has 94 valence electrons. The van der Waals surface area contributed by atoms with Crippen molar-refractivity contribution in [2.24, 2.45) is 0 Å². The van der Waals surface area contributed by atoms with Crippen molar-refractivity contribution in [2.45, 2.75) is 24.0 Å². The minimum absolute atomic E-state index is 0.219. The molecule has 0 amide bonds. The van der Waals surface area contributed by atoms with Crippen LogP contribution in [-0.2, 0) is 0 Å². The van der Waals surface area contributed by atoms with Gasteiger partial charge in [-0.15, -0.1) is 0 Å². The lowest BCUT2D eigenvalue weighted by molar-refractivity contribution is 0.0692. The number of oxazole rings is 1. The van der Waals surface area contributed by atoms with Gasteiger partial charge in [0.05, 0.1) is 11.3 Å². The standard InChI is InChI=1S/C12H10BrNO3S/c1-6-7(2)17-12(14-6)18-9-5-3-4-8(13)10(9)11(15)16/h3-5H,1-2H3,(H,15,16). The number of halogens is 1. The number of nitrogens with zero attached hydrogens (tertiary/aromatic N) is 1. The highest BCUT2D eigenvalue weighted by molar-refractivity contribution is 9.10. The topological polar surface area (TPSA) is 63.3 Å². The lowest BCUT2D eigenvalue weighted by Gasteiger charge is -2.04. The number of carbonyl (C=O) groups is 1. The van der Waals surface area contributed by atoms with Gasteiger partial charge in [-0.05, 0) is 53.7 Å². The molecule has 6 heteroatoms. The summed E-state index contributed by atoms with van der Waals surface area (Å²) in [6.45, 7) is 3.67. The molecule has 0 spiro atoms. The fraction of sp³-hybridized carbons (Fsp3) is 0.167. The van der Waals surface area contributed by atoms with Gasteiger partial charge in [-0.2, -0.15) is 0 Å². The van der Waals surface area contributed by atoms with Crippen LogP contribution in [-0.4, -0.2) is 16.1 Å². The van der Waals surface area contributed by atoms with Gasteiger partial charge in [0.15, 0.2) is 0 Å². The molecule has 0 saturated carbocycles. The summed E-state index contributed by atoms with van der Waals surface area (Å²) >= 11 is 4.44. The molecule has 1 aromatic heterocycles. The zero-order valence-electron chi connectivity index (χ0n) is 9.73. The first-order valence-electron chi connectivity index (χ1n) is 5.12. The molecule has 2 aromatic rings. The molecule has 1 N–H and O–H groups in total. The van der Waals surface area contributed by atoms with Crippen molar-refractivity contribution in [1.29, 1.82) is 0 Å². The van der Waals surface area contributed by atoms with Crippen LogP contribution < -0.4 is 0 Å². The molecule has 0 saturated heterocycles. The van der Waals surface area contributed by atoms with Crippen LogP contribution in [0.15, 0.2) is 37.2 Å². The van der Waals surface area contributed by atoms with E-state index in [9.17, 15) is 9.90 Å². The van der Waals surface area contributed by atoms with Crippen LogP contribution in [0, 0.1) is 13.8 Å². The molecular formula is C12H10BrNO3S. The van der Waals surface area contributed by atoms with E-state index in [1.807, 2.05) is 13.8 Å². The second-order valence-corrected chi connectivity index (χ2v) is 5.49. The van der Waals surface area contributed by atoms with Gasteiger partial charge in [0, 0.05) is 9.37 Å². The Morgan fingerprint density at radius 1 is 1.44 bits per heavy atom. The largest absolute Gasteiger partial charge is 0.478 e. The molecule has 0 atom stereocenters. The summed E-state index contributed by atoms with van der Waals surface area (Å²) in [5, 5.41) is 9.64. The molecule has 1 aromatic carbocycles. The lowest BCUT2D eigenvalue weighted by atomic mass is 10.2. The zero-order valence-corrected chi connectivity index (χ0v) is 12.1. The zero-order chi connectivity index (χ0) is 13.3. The van der Waals surface area contributed by atoms with E-state index in [1.54, 1.807) is 18.2 Å². The van der Waals surface area contributed by atoms with E-state index in [0.717, 1.165) is 11.5 Å². The van der Waals surface area contributed by atoms with Gasteiger partial charge in [0.25, 0.3) is 5.22 Å². The summed E-state index contributed by atoms with van der Waals surface area (Å²) in [5.41, 5.74) is 1.03. The van der Waals surface area contributed by atoms with Gasteiger partial charge >= 0.3 is 5.97 Å². The smallest absolute Gasteiger partial charge is 0.338 e. The van der Waals surface area contributed by atoms with Crippen molar-refractivity contribution in [3.63, 3.8) is 0 Å². The minimum atomic E-state index is -0.982. The highest BCUT2D eigenvalue weighted by Gasteiger charge is 2.17. The van der Waals surface area contributed by atoms with Crippen molar-refractivity contribution in [3.05, 3.63) is 39.7 Å². The number of aryl methyl sites for hydroxylation is 2. The summed E-state index contributed by atoms with van der Waals surface area (Å²) in [6, 6.07) is 5.20. The first-order valence-corrected chi connectivity index (χ1v) is 6.73. The van der Waals surface area contributed by atoms with Crippen molar-refractivity contribution >= 4 is 33.7 Å². The monoisotopic (exact) mass is 327 g/mol. The van der Waals surface area contributed by atoms with Crippen LogP contribution in [0.4, 0.5) is 0 Å². The van der Waals surface area contributed by atoms with E-state index in [0.29, 0.717) is 14.6 Å². The Morgan fingerprint density at radius 3 is 2.72 bits per heavy atom. The van der Waals surface area contributed by atoms with Crippen LogP contribution in [0.1, 0.15) is 21.8 Å². The Hall–Kier alpha value is -1.27. The molecule has 2 rings (SSSR count). The molecule has 0 fully saturated rings. The van der Waals surface area contributed by atoms with E-state index in [4.69, 9.17) is 4.42 Å². The highest BCUT2D eigenvalue weighted by atomic mass is 79.9. The Bertz CT molecular complexity index is 590. The van der Waals surface area contributed by atoms with E-state index in [-0.39, 0.29) is 5.56 Å². The van der Waals surface area contributed by atoms with Crippen molar-refractivity contribution in [1.82, 2.24) is 4.98 Å². The van der Waals surface area contributed by atoms with E-state index < -0.39 is 5.97 Å². The summed E-state index contributed by atoms with van der Waals surface area (Å²) < 4.78 is 5.98. The summed E-state index contributed by atoms with van der Waals surface area (Å²) in [4.78, 5) is 16.0.